The number of fused-ring (bicyclic) bond motifs is 1. The molecular formula is C23H29N3. The van der Waals surface area contributed by atoms with E-state index in [1.807, 2.05) is 6.20 Å². The van der Waals surface area contributed by atoms with Gasteiger partial charge in [0.25, 0.3) is 0 Å². The van der Waals surface area contributed by atoms with E-state index in [0.717, 1.165) is 19.6 Å². The van der Waals surface area contributed by atoms with Crippen molar-refractivity contribution in [1.29, 1.82) is 0 Å². The molecule has 136 valence electrons. The van der Waals surface area contributed by atoms with Crippen molar-refractivity contribution >= 4 is 10.9 Å². The minimum Gasteiger partial charge on any atom is -0.299 e. The molecule has 3 aromatic rings. The SMILES string of the molecule is CC(C)(C)c1ccc(CN2CCC(n3ncc4ccccc43)CC2)cc1. The van der Waals surface area contributed by atoms with Crippen LogP contribution in [0, 0.1) is 0 Å². The third kappa shape index (κ3) is 3.54. The van der Waals surface area contributed by atoms with Gasteiger partial charge in [0.15, 0.2) is 0 Å². The van der Waals surface area contributed by atoms with E-state index in [0.29, 0.717) is 6.04 Å². The number of para-hydroxylation sites is 1. The molecule has 0 bridgehead atoms. The summed E-state index contributed by atoms with van der Waals surface area (Å²) in [4.78, 5) is 2.58. The first-order chi connectivity index (χ1) is 12.5. The van der Waals surface area contributed by atoms with E-state index in [1.165, 1.54) is 34.9 Å². The molecule has 3 nitrogen and oxygen atoms in total. The molecule has 3 heteroatoms. The highest BCUT2D eigenvalue weighted by Crippen LogP contribution is 2.27. The van der Waals surface area contributed by atoms with Crippen LogP contribution in [0.4, 0.5) is 0 Å². The Balaban J connectivity index is 1.38. The van der Waals surface area contributed by atoms with Gasteiger partial charge in [0.2, 0.25) is 0 Å². The number of benzene rings is 2. The quantitative estimate of drug-likeness (QED) is 0.651. The summed E-state index contributed by atoms with van der Waals surface area (Å²) < 4.78 is 2.24. The molecule has 1 aromatic heterocycles. The fourth-order valence-corrected chi connectivity index (χ4v) is 3.97. The lowest BCUT2D eigenvalue weighted by Crippen LogP contribution is -2.34. The summed E-state index contributed by atoms with van der Waals surface area (Å²) in [7, 11) is 0. The van der Waals surface area contributed by atoms with Gasteiger partial charge >= 0.3 is 0 Å². The normalized spacial score (nSPS) is 17.0. The lowest BCUT2D eigenvalue weighted by molar-refractivity contribution is 0.175. The standard InChI is InChI=1S/C23H29N3/c1-23(2,3)20-10-8-18(9-11-20)17-25-14-12-21(13-15-25)26-22-7-5-4-6-19(22)16-24-26/h4-11,16,21H,12-15,17H2,1-3H3. The highest BCUT2D eigenvalue weighted by atomic mass is 15.3. The first kappa shape index (κ1) is 17.3. The van der Waals surface area contributed by atoms with Gasteiger partial charge in [-0.3, -0.25) is 9.58 Å². The van der Waals surface area contributed by atoms with E-state index >= 15 is 0 Å². The Bertz CT molecular complexity index is 862. The first-order valence-electron chi connectivity index (χ1n) is 9.75. The fraction of sp³-hybridized carbons (Fsp3) is 0.435. The number of likely N-dealkylation sites (tertiary alicyclic amines) is 1. The fourth-order valence-electron chi connectivity index (χ4n) is 3.97. The molecule has 0 atom stereocenters. The third-order valence-corrected chi connectivity index (χ3v) is 5.63. The Hall–Kier alpha value is -2.13. The summed E-state index contributed by atoms with van der Waals surface area (Å²) in [6.45, 7) is 10.1. The van der Waals surface area contributed by atoms with Crippen LogP contribution in [0.3, 0.4) is 0 Å². The molecule has 1 fully saturated rings. The zero-order valence-electron chi connectivity index (χ0n) is 16.2. The maximum absolute atomic E-state index is 4.66. The average Bonchev–Trinajstić information content (AvgIpc) is 3.06. The van der Waals surface area contributed by atoms with Crippen molar-refractivity contribution in [3.63, 3.8) is 0 Å². The van der Waals surface area contributed by atoms with Gasteiger partial charge in [0, 0.05) is 25.0 Å². The van der Waals surface area contributed by atoms with Gasteiger partial charge in [-0.05, 0) is 35.4 Å². The summed E-state index contributed by atoms with van der Waals surface area (Å²) in [5.74, 6) is 0. The van der Waals surface area contributed by atoms with Crippen LogP contribution in [0.1, 0.15) is 50.8 Å². The summed E-state index contributed by atoms with van der Waals surface area (Å²) >= 11 is 0. The zero-order chi connectivity index (χ0) is 18.1. The van der Waals surface area contributed by atoms with E-state index in [4.69, 9.17) is 0 Å². The maximum atomic E-state index is 4.66. The monoisotopic (exact) mass is 347 g/mol. The van der Waals surface area contributed by atoms with Crippen molar-refractivity contribution in [3.05, 3.63) is 65.9 Å². The predicted molar refractivity (Wildman–Crippen MR) is 108 cm³/mol. The summed E-state index contributed by atoms with van der Waals surface area (Å²) in [6, 6.07) is 18.2. The minimum atomic E-state index is 0.226. The molecule has 0 N–H and O–H groups in total. The molecule has 2 heterocycles. The summed E-state index contributed by atoms with van der Waals surface area (Å²) in [6.07, 6.45) is 4.34. The van der Waals surface area contributed by atoms with Gasteiger partial charge in [0.1, 0.15) is 0 Å². The second kappa shape index (κ2) is 6.88. The van der Waals surface area contributed by atoms with Crippen LogP contribution in [0.15, 0.2) is 54.7 Å². The molecule has 1 saturated heterocycles. The molecule has 0 unspecified atom stereocenters. The number of nitrogens with zero attached hydrogens (tertiary/aromatic N) is 3. The Morgan fingerprint density at radius 1 is 0.962 bits per heavy atom. The Morgan fingerprint density at radius 2 is 1.65 bits per heavy atom. The van der Waals surface area contributed by atoms with Gasteiger partial charge in [-0.25, -0.2) is 0 Å². The van der Waals surface area contributed by atoms with Crippen LogP contribution in [0.2, 0.25) is 0 Å². The zero-order valence-corrected chi connectivity index (χ0v) is 16.2. The molecule has 26 heavy (non-hydrogen) atoms. The van der Waals surface area contributed by atoms with Gasteiger partial charge < -0.3 is 0 Å². The van der Waals surface area contributed by atoms with Crippen LogP contribution >= 0.6 is 0 Å². The van der Waals surface area contributed by atoms with Gasteiger partial charge in [-0.15, -0.1) is 0 Å². The topological polar surface area (TPSA) is 21.1 Å². The maximum Gasteiger partial charge on any atom is 0.0685 e. The highest BCUT2D eigenvalue weighted by molar-refractivity contribution is 5.78. The lowest BCUT2D eigenvalue weighted by atomic mass is 9.86. The van der Waals surface area contributed by atoms with Crippen LogP contribution in [-0.4, -0.2) is 27.8 Å². The van der Waals surface area contributed by atoms with Gasteiger partial charge in [0.05, 0.1) is 17.8 Å². The van der Waals surface area contributed by atoms with E-state index in [9.17, 15) is 0 Å². The number of hydrogen-bond donors (Lipinski definition) is 0. The Kier molecular flexibility index (Phi) is 4.58. The van der Waals surface area contributed by atoms with E-state index in [-0.39, 0.29) is 5.41 Å². The number of rotatable bonds is 3. The number of hydrogen-bond acceptors (Lipinski definition) is 2. The molecule has 1 aliphatic rings. The summed E-state index contributed by atoms with van der Waals surface area (Å²) in [5, 5.41) is 5.90. The van der Waals surface area contributed by atoms with Crippen LogP contribution < -0.4 is 0 Å². The van der Waals surface area contributed by atoms with Crippen molar-refractivity contribution in [2.24, 2.45) is 0 Å². The van der Waals surface area contributed by atoms with Crippen LogP contribution in [0.5, 0.6) is 0 Å². The molecule has 4 rings (SSSR count). The van der Waals surface area contributed by atoms with Gasteiger partial charge in [-0.1, -0.05) is 63.2 Å². The van der Waals surface area contributed by atoms with Crippen molar-refractivity contribution in [2.45, 2.75) is 51.6 Å². The Morgan fingerprint density at radius 3 is 2.35 bits per heavy atom. The van der Waals surface area contributed by atoms with E-state index < -0.39 is 0 Å². The number of aromatic nitrogens is 2. The Labute approximate surface area is 156 Å². The molecule has 0 aliphatic carbocycles. The van der Waals surface area contributed by atoms with Crippen molar-refractivity contribution in [3.8, 4) is 0 Å². The molecule has 0 amide bonds. The molecule has 2 aromatic carbocycles. The smallest absolute Gasteiger partial charge is 0.0685 e. The largest absolute Gasteiger partial charge is 0.299 e. The van der Waals surface area contributed by atoms with Crippen molar-refractivity contribution in [1.82, 2.24) is 14.7 Å². The minimum absolute atomic E-state index is 0.226. The molecule has 0 spiro atoms. The highest BCUT2D eigenvalue weighted by Gasteiger charge is 2.22. The molecule has 0 saturated carbocycles. The van der Waals surface area contributed by atoms with Crippen LogP contribution in [0.25, 0.3) is 10.9 Å². The van der Waals surface area contributed by atoms with E-state index in [1.54, 1.807) is 0 Å². The van der Waals surface area contributed by atoms with Gasteiger partial charge in [-0.2, -0.15) is 5.10 Å². The summed E-state index contributed by atoms with van der Waals surface area (Å²) in [5.41, 5.74) is 4.32. The van der Waals surface area contributed by atoms with Crippen molar-refractivity contribution in [2.75, 3.05) is 13.1 Å². The molecular weight excluding hydrogens is 318 g/mol. The van der Waals surface area contributed by atoms with E-state index in [2.05, 4.69) is 84.0 Å². The molecule has 0 radical (unpaired) electrons. The third-order valence-electron chi connectivity index (χ3n) is 5.63. The second-order valence-electron chi connectivity index (χ2n) is 8.60. The number of piperidine rings is 1. The van der Waals surface area contributed by atoms with Crippen molar-refractivity contribution < 1.29 is 0 Å². The predicted octanol–water partition coefficient (Wildman–Crippen LogP) is 5.17. The first-order valence-corrected chi connectivity index (χ1v) is 9.75. The van der Waals surface area contributed by atoms with Crippen LogP contribution in [-0.2, 0) is 12.0 Å². The lowest BCUT2D eigenvalue weighted by Gasteiger charge is -2.32. The second-order valence-corrected chi connectivity index (χ2v) is 8.60. The molecule has 1 aliphatic heterocycles. The average molecular weight is 348 g/mol.